The molecule has 14 heavy (non-hydrogen) atoms. The van der Waals surface area contributed by atoms with Gasteiger partial charge in [0.2, 0.25) is 0 Å². The summed E-state index contributed by atoms with van der Waals surface area (Å²) in [6.07, 6.45) is 3.19. The molecule has 3 heteroatoms. The van der Waals surface area contributed by atoms with Gasteiger partial charge in [-0.1, -0.05) is 0 Å². The van der Waals surface area contributed by atoms with Crippen LogP contribution in [0.5, 0.6) is 0 Å². The van der Waals surface area contributed by atoms with Gasteiger partial charge in [-0.3, -0.25) is 4.79 Å². The van der Waals surface area contributed by atoms with Crippen molar-refractivity contribution in [3.05, 3.63) is 11.8 Å². The molecule has 1 N–H and O–H groups in total. The maximum Gasteiger partial charge on any atom is 0.157 e. The minimum atomic E-state index is -0.165. The van der Waals surface area contributed by atoms with Gasteiger partial charge in [0.1, 0.15) is 0 Å². The van der Waals surface area contributed by atoms with Crippen LogP contribution in [0.25, 0.3) is 0 Å². The molecule has 0 spiro atoms. The van der Waals surface area contributed by atoms with Crippen LogP contribution in [0.4, 0.5) is 0 Å². The van der Waals surface area contributed by atoms with E-state index < -0.39 is 0 Å². The third-order valence-electron chi connectivity index (χ3n) is 2.25. The summed E-state index contributed by atoms with van der Waals surface area (Å²) in [4.78, 5) is 11.0. The molecule has 0 unspecified atom stereocenters. The predicted octanol–water partition coefficient (Wildman–Crippen LogP) is 1.64. The van der Waals surface area contributed by atoms with Crippen LogP contribution in [0, 0.1) is 0 Å². The average molecular weight is 197 g/mol. The van der Waals surface area contributed by atoms with Crippen molar-refractivity contribution in [1.29, 1.82) is 0 Å². The largest absolute Gasteiger partial charge is 0.385 e. The van der Waals surface area contributed by atoms with Gasteiger partial charge < -0.3 is 10.1 Å². The Morgan fingerprint density at radius 2 is 2.21 bits per heavy atom. The van der Waals surface area contributed by atoms with E-state index in [0.717, 1.165) is 18.7 Å². The third kappa shape index (κ3) is 3.50. The lowest BCUT2D eigenvalue weighted by atomic mass is 10.1. The Labute approximate surface area is 85.5 Å². The molecule has 1 aliphatic rings. The van der Waals surface area contributed by atoms with Crippen molar-refractivity contribution >= 4 is 5.78 Å². The molecule has 3 nitrogen and oxygen atoms in total. The number of carbonyl (C=O) groups is 1. The average Bonchev–Trinajstić information content (AvgIpc) is 2.48. The second-order valence-corrected chi connectivity index (χ2v) is 4.18. The van der Waals surface area contributed by atoms with E-state index in [0.29, 0.717) is 13.0 Å². The molecule has 0 aliphatic heterocycles. The van der Waals surface area contributed by atoms with Crippen molar-refractivity contribution in [3.63, 3.8) is 0 Å². The second kappa shape index (κ2) is 4.60. The van der Waals surface area contributed by atoms with Crippen molar-refractivity contribution in [2.75, 3.05) is 13.2 Å². The normalized spacial score (nSPS) is 17.1. The molecule has 80 valence electrons. The monoisotopic (exact) mass is 197 g/mol. The number of ketones is 1. The van der Waals surface area contributed by atoms with E-state index in [1.54, 1.807) is 6.08 Å². The van der Waals surface area contributed by atoms with Crippen LogP contribution in [0.2, 0.25) is 0 Å². The van der Waals surface area contributed by atoms with Crippen molar-refractivity contribution in [3.8, 4) is 0 Å². The van der Waals surface area contributed by atoms with Crippen molar-refractivity contribution in [2.45, 2.75) is 39.2 Å². The summed E-state index contributed by atoms with van der Waals surface area (Å²) in [5.74, 6) is 0.224. The molecule has 0 aromatic carbocycles. The number of allylic oxidation sites excluding steroid dienone is 2. The first-order valence-corrected chi connectivity index (χ1v) is 5.15. The summed E-state index contributed by atoms with van der Waals surface area (Å²) in [7, 11) is 0. The highest BCUT2D eigenvalue weighted by atomic mass is 16.5. The fourth-order valence-corrected chi connectivity index (χ4v) is 1.50. The van der Waals surface area contributed by atoms with E-state index in [1.165, 1.54) is 0 Å². The number of rotatable bonds is 5. The van der Waals surface area contributed by atoms with E-state index in [9.17, 15) is 4.79 Å². The van der Waals surface area contributed by atoms with Crippen LogP contribution >= 0.6 is 0 Å². The molecule has 0 radical (unpaired) electrons. The highest BCUT2D eigenvalue weighted by Crippen LogP contribution is 2.14. The zero-order valence-corrected chi connectivity index (χ0v) is 9.22. The van der Waals surface area contributed by atoms with Crippen LogP contribution < -0.4 is 5.32 Å². The topological polar surface area (TPSA) is 38.3 Å². The van der Waals surface area contributed by atoms with E-state index in [-0.39, 0.29) is 11.4 Å². The van der Waals surface area contributed by atoms with Crippen LogP contribution in [-0.2, 0) is 9.53 Å². The second-order valence-electron chi connectivity index (χ2n) is 4.18. The first-order chi connectivity index (χ1) is 6.53. The number of hydrogen-bond acceptors (Lipinski definition) is 3. The highest BCUT2D eigenvalue weighted by molar-refractivity contribution is 5.92. The van der Waals surface area contributed by atoms with Crippen LogP contribution in [-0.4, -0.2) is 24.5 Å². The molecule has 1 rings (SSSR count). The minimum absolute atomic E-state index is 0.165. The van der Waals surface area contributed by atoms with Crippen LogP contribution in [0.1, 0.15) is 33.6 Å². The lowest BCUT2D eigenvalue weighted by Gasteiger charge is -2.25. The van der Waals surface area contributed by atoms with Gasteiger partial charge in [0.15, 0.2) is 5.78 Å². The molecule has 0 atom stereocenters. The molecule has 0 fully saturated rings. The number of carbonyl (C=O) groups excluding carboxylic acids is 1. The number of nitrogens with one attached hydrogen (secondary N) is 1. The summed E-state index contributed by atoms with van der Waals surface area (Å²) >= 11 is 0. The molecule has 0 saturated heterocycles. The van der Waals surface area contributed by atoms with Crippen molar-refractivity contribution in [2.24, 2.45) is 0 Å². The quantitative estimate of drug-likeness (QED) is 0.728. The molecule has 0 aromatic heterocycles. The standard InChI is InChI=1S/C11H19NO2/c1-4-14-11(2,3)8-12-9-5-6-10(13)7-9/h7,12H,4-6,8H2,1-3H3. The van der Waals surface area contributed by atoms with Gasteiger partial charge in [0, 0.05) is 31.3 Å². The van der Waals surface area contributed by atoms with Crippen molar-refractivity contribution < 1.29 is 9.53 Å². The minimum Gasteiger partial charge on any atom is -0.385 e. The molecular weight excluding hydrogens is 178 g/mol. The van der Waals surface area contributed by atoms with Gasteiger partial charge in [0.05, 0.1) is 5.60 Å². The highest BCUT2D eigenvalue weighted by Gasteiger charge is 2.19. The Hall–Kier alpha value is -0.830. The summed E-state index contributed by atoms with van der Waals surface area (Å²) in [6.45, 7) is 7.54. The predicted molar refractivity (Wildman–Crippen MR) is 56.0 cm³/mol. The maximum atomic E-state index is 11.0. The van der Waals surface area contributed by atoms with Gasteiger partial charge >= 0.3 is 0 Å². The molecule has 1 aliphatic carbocycles. The molecule has 0 saturated carbocycles. The SMILES string of the molecule is CCOC(C)(C)CNC1=CC(=O)CC1. The van der Waals surface area contributed by atoms with Gasteiger partial charge in [-0.05, 0) is 27.2 Å². The summed E-state index contributed by atoms with van der Waals surface area (Å²) in [5, 5.41) is 3.25. The lowest BCUT2D eigenvalue weighted by molar-refractivity contribution is -0.114. The maximum absolute atomic E-state index is 11.0. The molecule has 0 aromatic rings. The third-order valence-corrected chi connectivity index (χ3v) is 2.25. The van der Waals surface area contributed by atoms with Gasteiger partial charge in [-0.2, -0.15) is 0 Å². The zero-order valence-electron chi connectivity index (χ0n) is 9.22. The first-order valence-electron chi connectivity index (χ1n) is 5.15. The van der Waals surface area contributed by atoms with E-state index >= 15 is 0 Å². The van der Waals surface area contributed by atoms with E-state index in [1.807, 2.05) is 20.8 Å². The lowest BCUT2D eigenvalue weighted by Crippen LogP contribution is -2.37. The summed E-state index contributed by atoms with van der Waals surface area (Å²) < 4.78 is 5.54. The smallest absolute Gasteiger partial charge is 0.157 e. The van der Waals surface area contributed by atoms with Gasteiger partial charge in [-0.15, -0.1) is 0 Å². The Kier molecular flexibility index (Phi) is 3.69. The van der Waals surface area contributed by atoms with Crippen LogP contribution in [0.3, 0.4) is 0 Å². The fraction of sp³-hybridized carbons (Fsp3) is 0.727. The zero-order chi connectivity index (χ0) is 10.6. The van der Waals surface area contributed by atoms with E-state index in [4.69, 9.17) is 4.74 Å². The fourth-order valence-electron chi connectivity index (χ4n) is 1.50. The first kappa shape index (κ1) is 11.2. The van der Waals surface area contributed by atoms with Gasteiger partial charge in [0.25, 0.3) is 0 Å². The molecule has 0 heterocycles. The molecule has 0 amide bonds. The molecular formula is C11H19NO2. The Morgan fingerprint density at radius 3 is 2.71 bits per heavy atom. The summed E-state index contributed by atoms with van der Waals surface area (Å²) in [6, 6.07) is 0. The van der Waals surface area contributed by atoms with Crippen LogP contribution in [0.15, 0.2) is 11.8 Å². The Balaban J connectivity index is 2.33. The number of ether oxygens (including phenoxy) is 1. The van der Waals surface area contributed by atoms with Gasteiger partial charge in [-0.25, -0.2) is 0 Å². The summed E-state index contributed by atoms with van der Waals surface area (Å²) in [5.41, 5.74) is 0.879. The Morgan fingerprint density at radius 1 is 1.50 bits per heavy atom. The molecule has 0 bridgehead atoms. The number of hydrogen-bond donors (Lipinski definition) is 1. The van der Waals surface area contributed by atoms with Crippen molar-refractivity contribution in [1.82, 2.24) is 5.32 Å². The Bertz CT molecular complexity index is 244. The van der Waals surface area contributed by atoms with E-state index in [2.05, 4.69) is 5.32 Å².